The van der Waals surface area contributed by atoms with E-state index >= 15 is 0 Å². The summed E-state index contributed by atoms with van der Waals surface area (Å²) in [5.41, 5.74) is 5.16. The summed E-state index contributed by atoms with van der Waals surface area (Å²) in [5, 5.41) is 0. The largest absolute Gasteiger partial charge is 0.355 e. The van der Waals surface area contributed by atoms with Gasteiger partial charge in [-0.05, 0) is 76.9 Å². The van der Waals surface area contributed by atoms with Crippen LogP contribution in [0.2, 0.25) is 0 Å². The van der Waals surface area contributed by atoms with Crippen LogP contribution in [0.5, 0.6) is 0 Å². The monoisotopic (exact) mass is 430 g/mol. The number of aryl methyl sites for hydroxylation is 1. The molecule has 1 saturated carbocycles. The van der Waals surface area contributed by atoms with Crippen molar-refractivity contribution in [3.63, 3.8) is 0 Å². The Hall–Kier alpha value is -2.44. The first-order chi connectivity index (χ1) is 15.6. The molecule has 3 aromatic heterocycles. The number of aromatic nitrogens is 3. The van der Waals surface area contributed by atoms with Gasteiger partial charge in [0, 0.05) is 37.6 Å². The first-order valence-electron chi connectivity index (χ1n) is 12.1. The fraction of sp³-hybridized carbons (Fsp3) is 0.538. The van der Waals surface area contributed by atoms with Gasteiger partial charge in [-0.3, -0.25) is 19.2 Å². The zero-order valence-corrected chi connectivity index (χ0v) is 19.5. The SMILES string of the molecule is Cc1cccnc1[C@@H]1CCC[C@H](c2cn3c(N4CCN(C)C5(CC5)C4)cccc3n2)N1C. The van der Waals surface area contributed by atoms with Crippen molar-refractivity contribution in [2.24, 2.45) is 0 Å². The maximum atomic E-state index is 5.12. The molecule has 0 radical (unpaired) electrons. The number of anilines is 1. The van der Waals surface area contributed by atoms with Crippen molar-refractivity contribution in [1.82, 2.24) is 24.2 Å². The van der Waals surface area contributed by atoms with Crippen LogP contribution in [0.1, 0.15) is 61.1 Å². The van der Waals surface area contributed by atoms with Crippen LogP contribution in [-0.2, 0) is 0 Å². The Kier molecular flexibility index (Phi) is 4.77. The second-order valence-electron chi connectivity index (χ2n) is 10.2. The number of likely N-dealkylation sites (tertiary alicyclic amines) is 1. The van der Waals surface area contributed by atoms with Gasteiger partial charge in [0.05, 0.1) is 23.5 Å². The topological polar surface area (TPSA) is 39.9 Å². The van der Waals surface area contributed by atoms with Crippen LogP contribution in [0.4, 0.5) is 5.82 Å². The third-order valence-electron chi connectivity index (χ3n) is 8.29. The fourth-order valence-electron chi connectivity index (χ4n) is 6.04. The number of hydrogen-bond acceptors (Lipinski definition) is 5. The van der Waals surface area contributed by atoms with Crippen molar-refractivity contribution in [3.05, 3.63) is 59.7 Å². The van der Waals surface area contributed by atoms with E-state index in [0.717, 1.165) is 38.1 Å². The van der Waals surface area contributed by atoms with Gasteiger partial charge in [0.2, 0.25) is 0 Å². The van der Waals surface area contributed by atoms with Crippen molar-refractivity contribution in [3.8, 4) is 0 Å². The summed E-state index contributed by atoms with van der Waals surface area (Å²) in [4.78, 5) is 17.5. The predicted molar refractivity (Wildman–Crippen MR) is 128 cm³/mol. The molecule has 0 aromatic carbocycles. The molecule has 3 fully saturated rings. The van der Waals surface area contributed by atoms with Crippen molar-refractivity contribution in [1.29, 1.82) is 0 Å². The predicted octanol–water partition coefficient (Wildman–Crippen LogP) is 4.22. The molecule has 6 rings (SSSR count). The van der Waals surface area contributed by atoms with E-state index in [1.54, 1.807) is 0 Å². The van der Waals surface area contributed by atoms with Gasteiger partial charge in [0.25, 0.3) is 0 Å². The minimum absolute atomic E-state index is 0.324. The fourth-order valence-corrected chi connectivity index (χ4v) is 6.04. The first-order valence-corrected chi connectivity index (χ1v) is 12.1. The van der Waals surface area contributed by atoms with E-state index in [-0.39, 0.29) is 0 Å². The van der Waals surface area contributed by atoms with Gasteiger partial charge in [-0.15, -0.1) is 0 Å². The number of fused-ring (bicyclic) bond motifs is 1. The van der Waals surface area contributed by atoms with Crippen LogP contribution >= 0.6 is 0 Å². The number of nitrogens with zero attached hydrogens (tertiary/aromatic N) is 6. The lowest BCUT2D eigenvalue weighted by Crippen LogP contribution is -2.53. The lowest BCUT2D eigenvalue weighted by atomic mass is 9.91. The molecule has 2 atom stereocenters. The average molecular weight is 431 g/mol. The van der Waals surface area contributed by atoms with Gasteiger partial charge in [0.1, 0.15) is 11.5 Å². The molecular formula is C26H34N6. The normalized spacial score (nSPS) is 26.2. The summed E-state index contributed by atoms with van der Waals surface area (Å²) >= 11 is 0. The molecule has 1 aliphatic carbocycles. The highest BCUT2D eigenvalue weighted by Gasteiger charge is 2.49. The first kappa shape index (κ1) is 20.2. The van der Waals surface area contributed by atoms with Gasteiger partial charge in [0.15, 0.2) is 0 Å². The summed E-state index contributed by atoms with van der Waals surface area (Å²) in [6.45, 7) is 5.52. The lowest BCUT2D eigenvalue weighted by Gasteiger charge is -2.41. The van der Waals surface area contributed by atoms with Crippen molar-refractivity contribution in [2.75, 3.05) is 38.6 Å². The molecule has 168 valence electrons. The number of likely N-dealkylation sites (N-methyl/N-ethyl adjacent to an activating group) is 1. The lowest BCUT2D eigenvalue weighted by molar-refractivity contribution is 0.109. The molecule has 32 heavy (non-hydrogen) atoms. The Balaban J connectivity index is 1.32. The van der Waals surface area contributed by atoms with Crippen molar-refractivity contribution in [2.45, 2.75) is 56.7 Å². The minimum atomic E-state index is 0.324. The van der Waals surface area contributed by atoms with Crippen LogP contribution in [-0.4, -0.2) is 63.4 Å². The Morgan fingerprint density at radius 1 is 1.00 bits per heavy atom. The third kappa shape index (κ3) is 3.23. The number of hydrogen-bond donors (Lipinski definition) is 0. The average Bonchev–Trinajstić information content (AvgIpc) is 3.43. The number of pyridine rings is 2. The summed E-state index contributed by atoms with van der Waals surface area (Å²) in [7, 11) is 4.55. The van der Waals surface area contributed by atoms with E-state index in [1.807, 2.05) is 12.3 Å². The van der Waals surface area contributed by atoms with Crippen LogP contribution < -0.4 is 4.90 Å². The van der Waals surface area contributed by atoms with Crippen LogP contribution in [0.25, 0.3) is 5.65 Å². The third-order valence-corrected chi connectivity index (χ3v) is 8.29. The quantitative estimate of drug-likeness (QED) is 0.622. The number of imidazole rings is 1. The molecule has 0 bridgehead atoms. The standard InChI is InChI=1S/C26H34N6/c1-19-7-6-14-27-25(19)22-9-4-8-21(30(22)3)20-17-32-23(28-20)10-5-11-24(32)31-16-15-29(2)26(18-31)12-13-26/h5-7,10-11,14,17,21-22H,4,8-9,12-13,15-16,18H2,1-3H3/t21-,22+/m1/s1. The van der Waals surface area contributed by atoms with E-state index in [2.05, 4.69) is 70.6 Å². The van der Waals surface area contributed by atoms with E-state index < -0.39 is 0 Å². The maximum absolute atomic E-state index is 5.12. The smallest absolute Gasteiger partial charge is 0.138 e. The highest BCUT2D eigenvalue weighted by atomic mass is 15.4. The Labute approximate surface area is 190 Å². The molecule has 6 heteroatoms. The molecule has 0 unspecified atom stereocenters. The zero-order chi connectivity index (χ0) is 21.9. The van der Waals surface area contributed by atoms with Gasteiger partial charge in [-0.1, -0.05) is 12.1 Å². The van der Waals surface area contributed by atoms with E-state index in [1.165, 1.54) is 42.0 Å². The molecular weight excluding hydrogens is 396 g/mol. The Bertz CT molecular complexity index is 1130. The van der Waals surface area contributed by atoms with Crippen molar-refractivity contribution >= 4 is 11.5 Å². The summed E-state index contributed by atoms with van der Waals surface area (Å²) in [5.74, 6) is 1.29. The number of piperazine rings is 1. The number of piperidine rings is 1. The molecule has 2 saturated heterocycles. The minimum Gasteiger partial charge on any atom is -0.355 e. The molecule has 3 aromatic rings. The zero-order valence-electron chi connectivity index (χ0n) is 19.5. The van der Waals surface area contributed by atoms with Gasteiger partial charge in [-0.2, -0.15) is 0 Å². The number of rotatable bonds is 3. The van der Waals surface area contributed by atoms with E-state index in [0.29, 0.717) is 17.6 Å². The van der Waals surface area contributed by atoms with Gasteiger partial charge >= 0.3 is 0 Å². The van der Waals surface area contributed by atoms with Gasteiger partial charge in [-0.25, -0.2) is 4.98 Å². The Morgan fingerprint density at radius 2 is 1.84 bits per heavy atom. The summed E-state index contributed by atoms with van der Waals surface area (Å²) < 4.78 is 2.33. The van der Waals surface area contributed by atoms with E-state index in [4.69, 9.17) is 9.97 Å². The Morgan fingerprint density at radius 3 is 2.66 bits per heavy atom. The molecule has 1 spiro atoms. The molecule has 2 aliphatic heterocycles. The van der Waals surface area contributed by atoms with Crippen LogP contribution in [0, 0.1) is 6.92 Å². The molecule has 6 nitrogen and oxygen atoms in total. The highest BCUT2D eigenvalue weighted by molar-refractivity contribution is 5.54. The molecule has 0 N–H and O–H groups in total. The molecule has 3 aliphatic rings. The van der Waals surface area contributed by atoms with Crippen LogP contribution in [0.3, 0.4) is 0 Å². The highest BCUT2D eigenvalue weighted by Crippen LogP contribution is 2.44. The van der Waals surface area contributed by atoms with Crippen LogP contribution in [0.15, 0.2) is 42.7 Å². The van der Waals surface area contributed by atoms with E-state index in [9.17, 15) is 0 Å². The summed E-state index contributed by atoms with van der Waals surface area (Å²) in [6.07, 6.45) is 10.4. The van der Waals surface area contributed by atoms with Gasteiger partial charge < -0.3 is 4.90 Å². The summed E-state index contributed by atoms with van der Waals surface area (Å²) in [6, 6.07) is 11.5. The molecule has 5 heterocycles. The maximum Gasteiger partial charge on any atom is 0.138 e. The molecule has 0 amide bonds. The second-order valence-corrected chi connectivity index (χ2v) is 10.2. The second kappa shape index (κ2) is 7.56. The van der Waals surface area contributed by atoms with Crippen molar-refractivity contribution < 1.29 is 0 Å².